The molecule has 10 heteroatoms. The van der Waals surface area contributed by atoms with Crippen LogP contribution in [0.15, 0.2) is 69.6 Å². The van der Waals surface area contributed by atoms with Crippen molar-refractivity contribution in [3.05, 3.63) is 71.3 Å². The van der Waals surface area contributed by atoms with Gasteiger partial charge in [0.2, 0.25) is 20.2 Å². The van der Waals surface area contributed by atoms with E-state index in [9.17, 15) is 13.2 Å². The molecule has 0 spiro atoms. The molecule has 32 heavy (non-hydrogen) atoms. The summed E-state index contributed by atoms with van der Waals surface area (Å²) in [4.78, 5) is 17.5. The molecule has 0 aromatic heterocycles. The van der Waals surface area contributed by atoms with Crippen molar-refractivity contribution in [1.29, 1.82) is 5.41 Å². The molecular weight excluding hydrogens is 448 g/mol. The predicted molar refractivity (Wildman–Crippen MR) is 126 cm³/mol. The van der Waals surface area contributed by atoms with Gasteiger partial charge >= 0.3 is 0 Å². The zero-order valence-electron chi connectivity index (χ0n) is 17.3. The largest absolute Gasteiger partial charge is 0.486 e. The number of amides is 1. The van der Waals surface area contributed by atoms with Crippen LogP contribution in [0.5, 0.6) is 5.75 Å². The van der Waals surface area contributed by atoms with Gasteiger partial charge in [-0.3, -0.25) is 10.2 Å². The van der Waals surface area contributed by atoms with Crippen LogP contribution in [0.2, 0.25) is 0 Å². The molecular formula is C22H20N4O4S2. The number of benzene rings is 2. The van der Waals surface area contributed by atoms with Crippen LogP contribution in [-0.2, 0) is 14.6 Å². The molecule has 2 aliphatic rings. The fourth-order valence-electron chi connectivity index (χ4n) is 3.13. The van der Waals surface area contributed by atoms with Gasteiger partial charge in [0.25, 0.3) is 5.91 Å². The third-order valence-corrected chi connectivity index (χ3v) is 7.33. The van der Waals surface area contributed by atoms with Crippen LogP contribution < -0.4 is 4.74 Å². The average Bonchev–Trinajstić information content (AvgIpc) is 3.23. The highest BCUT2D eigenvalue weighted by Gasteiger charge is 2.42. The van der Waals surface area contributed by atoms with Crippen molar-refractivity contribution in [3.63, 3.8) is 0 Å². The molecule has 0 aliphatic carbocycles. The first-order valence-corrected chi connectivity index (χ1v) is 12.3. The molecule has 1 atom stereocenters. The van der Waals surface area contributed by atoms with E-state index in [4.69, 9.17) is 10.1 Å². The summed E-state index contributed by atoms with van der Waals surface area (Å²) >= 11 is 0.778. The number of aliphatic imine (C=N–C) groups is 1. The zero-order chi connectivity index (χ0) is 22.9. The summed E-state index contributed by atoms with van der Waals surface area (Å²) in [5.74, 6) is -0.386. The van der Waals surface area contributed by atoms with Crippen LogP contribution in [0.3, 0.4) is 0 Å². The van der Waals surface area contributed by atoms with Crippen LogP contribution in [0.25, 0.3) is 6.08 Å². The number of fused-ring (bicyclic) bond motifs is 1. The summed E-state index contributed by atoms with van der Waals surface area (Å²) in [5, 5.41) is 8.24. The Bertz CT molecular complexity index is 1270. The Balaban J connectivity index is 1.55. The molecule has 0 unspecified atom stereocenters. The maximum Gasteiger partial charge on any atom is 0.283 e. The first kappa shape index (κ1) is 22.0. The highest BCUT2D eigenvalue weighted by Crippen LogP contribution is 2.30. The Labute approximate surface area is 190 Å². The number of hydrogen-bond donors (Lipinski definition) is 1. The quantitative estimate of drug-likeness (QED) is 0.527. The van der Waals surface area contributed by atoms with E-state index in [-0.39, 0.29) is 33.6 Å². The topological polar surface area (TPSA) is 112 Å². The first-order chi connectivity index (χ1) is 15.3. The SMILES string of the molecule is CCS(=O)(=O)C1=NSC2=NC(=O)/C(=C\c3ccc(O[C@H](C)c4ccccc4)cc3)C(=N)N21. The highest BCUT2D eigenvalue weighted by molar-refractivity contribution is 8.16. The number of rotatable bonds is 5. The molecule has 2 aromatic carbocycles. The molecule has 164 valence electrons. The third-order valence-electron chi connectivity index (χ3n) is 4.93. The molecule has 0 bridgehead atoms. The van der Waals surface area contributed by atoms with Gasteiger partial charge in [-0.1, -0.05) is 49.4 Å². The molecule has 0 fully saturated rings. The van der Waals surface area contributed by atoms with Gasteiger partial charge in [0.05, 0.1) is 23.3 Å². The van der Waals surface area contributed by atoms with Gasteiger partial charge in [-0.2, -0.15) is 9.39 Å². The number of sulfone groups is 1. The van der Waals surface area contributed by atoms with E-state index in [0.29, 0.717) is 11.3 Å². The minimum atomic E-state index is -3.68. The predicted octanol–water partition coefficient (Wildman–Crippen LogP) is 3.84. The first-order valence-electron chi connectivity index (χ1n) is 9.83. The van der Waals surface area contributed by atoms with Gasteiger partial charge in [-0.25, -0.2) is 13.3 Å². The van der Waals surface area contributed by atoms with Gasteiger partial charge < -0.3 is 4.74 Å². The number of nitrogens with zero attached hydrogens (tertiary/aromatic N) is 3. The number of nitrogens with one attached hydrogen (secondary N) is 1. The molecule has 0 saturated carbocycles. The molecule has 0 saturated heterocycles. The van der Waals surface area contributed by atoms with Gasteiger partial charge in [0, 0.05) is 0 Å². The number of hydrogen-bond acceptors (Lipinski definition) is 7. The summed E-state index contributed by atoms with van der Waals surface area (Å²) in [6, 6.07) is 16.9. The Kier molecular flexibility index (Phi) is 5.98. The molecule has 2 heterocycles. The second-order valence-corrected chi connectivity index (χ2v) is 9.95. The molecule has 0 radical (unpaired) electrons. The monoisotopic (exact) mass is 468 g/mol. The van der Waals surface area contributed by atoms with Crippen molar-refractivity contribution in [2.75, 3.05) is 5.75 Å². The maximum absolute atomic E-state index is 12.5. The molecule has 2 aliphatic heterocycles. The fraction of sp³-hybridized carbons (Fsp3) is 0.182. The van der Waals surface area contributed by atoms with Gasteiger partial charge in [-0.15, -0.1) is 0 Å². The maximum atomic E-state index is 12.5. The van der Waals surface area contributed by atoms with E-state index in [1.165, 1.54) is 13.0 Å². The van der Waals surface area contributed by atoms with Gasteiger partial charge in [0.15, 0.2) is 0 Å². The van der Waals surface area contributed by atoms with Gasteiger partial charge in [0.1, 0.15) is 17.7 Å². The van der Waals surface area contributed by atoms with E-state index in [2.05, 4.69) is 9.39 Å². The smallest absolute Gasteiger partial charge is 0.283 e. The lowest BCUT2D eigenvalue weighted by atomic mass is 10.1. The van der Waals surface area contributed by atoms with E-state index in [0.717, 1.165) is 22.4 Å². The van der Waals surface area contributed by atoms with Crippen LogP contribution in [0, 0.1) is 5.41 Å². The van der Waals surface area contributed by atoms with Crippen LogP contribution in [-0.4, -0.2) is 41.1 Å². The summed E-state index contributed by atoms with van der Waals surface area (Å²) < 4.78 is 34.5. The van der Waals surface area contributed by atoms with Crippen molar-refractivity contribution in [2.45, 2.75) is 20.0 Å². The Hall–Kier alpha value is -3.24. The number of amidine groups is 3. The molecule has 8 nitrogen and oxygen atoms in total. The average molecular weight is 469 g/mol. The van der Waals surface area contributed by atoms with Crippen molar-refractivity contribution < 1.29 is 17.9 Å². The minimum Gasteiger partial charge on any atom is -0.486 e. The molecule has 1 amide bonds. The normalized spacial score (nSPS) is 18.3. The second-order valence-electron chi connectivity index (χ2n) is 7.05. The van der Waals surface area contributed by atoms with E-state index >= 15 is 0 Å². The highest BCUT2D eigenvalue weighted by atomic mass is 32.2. The fourth-order valence-corrected chi connectivity index (χ4v) is 5.10. The van der Waals surface area contributed by atoms with Crippen LogP contribution in [0.1, 0.15) is 31.1 Å². The number of carbonyl (C=O) groups is 1. The number of ether oxygens (including phenoxy) is 1. The van der Waals surface area contributed by atoms with Crippen molar-refractivity contribution in [1.82, 2.24) is 4.90 Å². The Morgan fingerprint density at radius 1 is 1.16 bits per heavy atom. The third kappa shape index (κ3) is 4.23. The van der Waals surface area contributed by atoms with E-state index in [1.807, 2.05) is 37.3 Å². The van der Waals surface area contributed by atoms with Crippen molar-refractivity contribution in [2.24, 2.45) is 9.39 Å². The minimum absolute atomic E-state index is 0.0124. The zero-order valence-corrected chi connectivity index (χ0v) is 19.0. The lowest BCUT2D eigenvalue weighted by molar-refractivity contribution is -0.114. The molecule has 4 rings (SSSR count). The lowest BCUT2D eigenvalue weighted by Crippen LogP contribution is -2.45. The van der Waals surface area contributed by atoms with Crippen molar-refractivity contribution >= 4 is 49.9 Å². The Morgan fingerprint density at radius 2 is 1.84 bits per heavy atom. The molecule has 1 N–H and O–H groups in total. The second kappa shape index (κ2) is 8.71. The summed E-state index contributed by atoms with van der Waals surface area (Å²) in [6.45, 7) is 3.45. The summed E-state index contributed by atoms with van der Waals surface area (Å²) in [5.41, 5.74) is 1.69. The Morgan fingerprint density at radius 3 is 2.50 bits per heavy atom. The van der Waals surface area contributed by atoms with Crippen molar-refractivity contribution in [3.8, 4) is 5.75 Å². The lowest BCUT2D eigenvalue weighted by Gasteiger charge is -2.24. The number of carbonyl (C=O) groups excluding carboxylic acids is 1. The standard InChI is InChI=1S/C22H20N4O4S2/c1-3-32(28,29)22-25-31-21-24-20(27)18(19(23)26(21)22)13-15-9-11-17(12-10-15)30-14(2)16-7-5-4-6-8-16/h4-14,23H,3H2,1-2H3/b18-13-,23-19?/t14-/m1/s1. The summed E-state index contributed by atoms with van der Waals surface area (Å²) in [7, 11) is -3.68. The summed E-state index contributed by atoms with van der Waals surface area (Å²) in [6.07, 6.45) is 1.38. The van der Waals surface area contributed by atoms with Gasteiger partial charge in [-0.05, 0) is 36.3 Å². The van der Waals surface area contributed by atoms with E-state index < -0.39 is 15.7 Å². The van der Waals surface area contributed by atoms with E-state index in [1.54, 1.807) is 24.3 Å². The van der Waals surface area contributed by atoms with Crippen LogP contribution in [0.4, 0.5) is 0 Å². The molecule has 2 aromatic rings. The van der Waals surface area contributed by atoms with Crippen LogP contribution >= 0.6 is 11.9 Å².